The van der Waals surface area contributed by atoms with Gasteiger partial charge in [0.1, 0.15) is 0 Å². The third-order valence-corrected chi connectivity index (χ3v) is 4.03. The number of aromatic nitrogens is 2. The van der Waals surface area contributed by atoms with Crippen molar-refractivity contribution in [1.29, 1.82) is 0 Å². The molecule has 1 aliphatic heterocycles. The Morgan fingerprint density at radius 3 is 2.84 bits per heavy atom. The molecule has 2 N–H and O–H groups in total. The largest absolute Gasteiger partial charge is 0.481 e. The van der Waals surface area contributed by atoms with E-state index in [1.165, 1.54) is 32.1 Å². The Morgan fingerprint density at radius 2 is 2.05 bits per heavy atom. The SMILES string of the molecule is COc1nc(NC2CCCCC2)nc2c1CCNC2. The summed E-state index contributed by atoms with van der Waals surface area (Å²) in [5.41, 5.74) is 2.24. The Hall–Kier alpha value is -1.36. The van der Waals surface area contributed by atoms with Crippen molar-refractivity contribution in [1.82, 2.24) is 15.3 Å². The lowest BCUT2D eigenvalue weighted by Gasteiger charge is -2.24. The standard InChI is InChI=1S/C14H22N4O/c1-19-13-11-7-8-15-9-12(11)17-14(18-13)16-10-5-3-2-4-6-10/h10,15H,2-9H2,1H3,(H,16,17,18). The summed E-state index contributed by atoms with van der Waals surface area (Å²) in [6.45, 7) is 1.79. The highest BCUT2D eigenvalue weighted by molar-refractivity contribution is 5.40. The van der Waals surface area contributed by atoms with Crippen molar-refractivity contribution < 1.29 is 4.74 Å². The number of fused-ring (bicyclic) bond motifs is 1. The van der Waals surface area contributed by atoms with Crippen molar-refractivity contribution >= 4 is 5.95 Å². The molecule has 0 saturated heterocycles. The minimum atomic E-state index is 0.521. The van der Waals surface area contributed by atoms with Crippen LogP contribution in [0.4, 0.5) is 5.95 Å². The van der Waals surface area contributed by atoms with Crippen LogP contribution >= 0.6 is 0 Å². The number of anilines is 1. The Labute approximate surface area is 114 Å². The van der Waals surface area contributed by atoms with E-state index in [2.05, 4.69) is 20.6 Å². The van der Waals surface area contributed by atoms with Crippen molar-refractivity contribution in [2.45, 2.75) is 51.1 Å². The quantitative estimate of drug-likeness (QED) is 0.871. The summed E-state index contributed by atoms with van der Waals surface area (Å²) in [6, 6.07) is 0.521. The minimum absolute atomic E-state index is 0.521. The van der Waals surface area contributed by atoms with Crippen LogP contribution in [0.15, 0.2) is 0 Å². The van der Waals surface area contributed by atoms with Crippen molar-refractivity contribution in [3.05, 3.63) is 11.3 Å². The Balaban J connectivity index is 1.81. The molecule has 0 amide bonds. The maximum atomic E-state index is 5.42. The number of hydrogen-bond acceptors (Lipinski definition) is 5. The molecule has 0 spiro atoms. The Bertz CT molecular complexity index is 426. The molecule has 3 rings (SSSR count). The van der Waals surface area contributed by atoms with Crippen LogP contribution in [0.25, 0.3) is 0 Å². The fourth-order valence-corrected chi connectivity index (χ4v) is 2.99. The third-order valence-electron chi connectivity index (χ3n) is 4.03. The summed E-state index contributed by atoms with van der Waals surface area (Å²) in [6.07, 6.45) is 7.36. The summed E-state index contributed by atoms with van der Waals surface area (Å²) in [5, 5.41) is 6.83. The van der Waals surface area contributed by atoms with Crippen molar-refractivity contribution in [3.63, 3.8) is 0 Å². The first-order chi connectivity index (χ1) is 9.36. The van der Waals surface area contributed by atoms with Gasteiger partial charge in [-0.3, -0.25) is 0 Å². The molecule has 1 fully saturated rings. The van der Waals surface area contributed by atoms with Gasteiger partial charge in [-0.15, -0.1) is 0 Å². The number of ether oxygens (including phenoxy) is 1. The van der Waals surface area contributed by atoms with Gasteiger partial charge in [0.05, 0.1) is 12.8 Å². The predicted octanol–water partition coefficient (Wildman–Crippen LogP) is 1.88. The second-order valence-corrected chi connectivity index (χ2v) is 5.39. The smallest absolute Gasteiger partial charge is 0.226 e. The fourth-order valence-electron chi connectivity index (χ4n) is 2.99. The molecule has 104 valence electrons. The van der Waals surface area contributed by atoms with E-state index in [1.807, 2.05) is 0 Å². The summed E-state index contributed by atoms with van der Waals surface area (Å²) in [4.78, 5) is 9.18. The molecule has 2 aliphatic rings. The molecule has 5 heteroatoms. The summed E-state index contributed by atoms with van der Waals surface area (Å²) >= 11 is 0. The first-order valence-electron chi connectivity index (χ1n) is 7.28. The average Bonchev–Trinajstić information content (AvgIpc) is 2.47. The molecule has 1 aliphatic carbocycles. The van der Waals surface area contributed by atoms with Crippen LogP contribution in [0, 0.1) is 0 Å². The lowest BCUT2D eigenvalue weighted by molar-refractivity contribution is 0.386. The van der Waals surface area contributed by atoms with Gasteiger partial charge in [0.25, 0.3) is 0 Å². The van der Waals surface area contributed by atoms with Crippen LogP contribution in [0.3, 0.4) is 0 Å². The fraction of sp³-hybridized carbons (Fsp3) is 0.714. The van der Waals surface area contributed by atoms with Crippen LogP contribution in [0.1, 0.15) is 43.4 Å². The van der Waals surface area contributed by atoms with Gasteiger partial charge >= 0.3 is 0 Å². The molecule has 5 nitrogen and oxygen atoms in total. The molecular weight excluding hydrogens is 240 g/mol. The van der Waals surface area contributed by atoms with Gasteiger partial charge in [-0.25, -0.2) is 4.98 Å². The molecule has 0 unspecified atom stereocenters. The molecule has 0 radical (unpaired) electrons. The summed E-state index contributed by atoms with van der Waals surface area (Å²) in [7, 11) is 1.69. The zero-order chi connectivity index (χ0) is 13.1. The first-order valence-corrected chi connectivity index (χ1v) is 7.28. The zero-order valence-corrected chi connectivity index (χ0v) is 11.5. The summed E-state index contributed by atoms with van der Waals surface area (Å²) in [5.74, 6) is 1.47. The van der Waals surface area contributed by atoms with E-state index in [0.717, 1.165) is 42.6 Å². The first kappa shape index (κ1) is 12.7. The predicted molar refractivity (Wildman–Crippen MR) is 74.5 cm³/mol. The van der Waals surface area contributed by atoms with Gasteiger partial charge in [-0.2, -0.15) is 4.98 Å². The monoisotopic (exact) mass is 262 g/mol. The lowest BCUT2D eigenvalue weighted by Crippen LogP contribution is -2.28. The highest BCUT2D eigenvalue weighted by Gasteiger charge is 2.20. The van der Waals surface area contributed by atoms with Crippen LogP contribution in [0.5, 0.6) is 5.88 Å². The molecule has 2 heterocycles. The lowest BCUT2D eigenvalue weighted by atomic mass is 9.96. The van der Waals surface area contributed by atoms with Crippen LogP contribution in [-0.2, 0) is 13.0 Å². The molecular formula is C14H22N4O. The van der Waals surface area contributed by atoms with Gasteiger partial charge in [0.2, 0.25) is 11.8 Å². The topological polar surface area (TPSA) is 59.1 Å². The van der Waals surface area contributed by atoms with Gasteiger partial charge in [0.15, 0.2) is 0 Å². The average molecular weight is 262 g/mol. The second-order valence-electron chi connectivity index (χ2n) is 5.39. The summed E-state index contributed by atoms with van der Waals surface area (Å²) < 4.78 is 5.42. The van der Waals surface area contributed by atoms with Gasteiger partial charge < -0.3 is 15.4 Å². The molecule has 0 aromatic carbocycles. The maximum absolute atomic E-state index is 5.42. The molecule has 1 aromatic heterocycles. The zero-order valence-electron chi connectivity index (χ0n) is 11.5. The van der Waals surface area contributed by atoms with E-state index in [1.54, 1.807) is 7.11 Å². The van der Waals surface area contributed by atoms with E-state index in [9.17, 15) is 0 Å². The Kier molecular flexibility index (Phi) is 3.82. The number of methoxy groups -OCH3 is 1. The van der Waals surface area contributed by atoms with Gasteiger partial charge in [-0.05, 0) is 25.8 Å². The van der Waals surface area contributed by atoms with E-state index in [-0.39, 0.29) is 0 Å². The van der Waals surface area contributed by atoms with Gasteiger partial charge in [-0.1, -0.05) is 19.3 Å². The normalized spacial score (nSPS) is 19.8. The molecule has 0 bridgehead atoms. The van der Waals surface area contributed by atoms with E-state index < -0.39 is 0 Å². The van der Waals surface area contributed by atoms with E-state index in [0.29, 0.717) is 6.04 Å². The highest BCUT2D eigenvalue weighted by atomic mass is 16.5. The minimum Gasteiger partial charge on any atom is -0.481 e. The number of rotatable bonds is 3. The second kappa shape index (κ2) is 5.74. The number of nitrogens with zero attached hydrogens (tertiary/aromatic N) is 2. The van der Waals surface area contributed by atoms with E-state index >= 15 is 0 Å². The van der Waals surface area contributed by atoms with Gasteiger partial charge in [0, 0.05) is 18.2 Å². The maximum Gasteiger partial charge on any atom is 0.226 e. The number of hydrogen-bond donors (Lipinski definition) is 2. The molecule has 1 aromatic rings. The van der Waals surface area contributed by atoms with Crippen LogP contribution in [-0.4, -0.2) is 29.7 Å². The Morgan fingerprint density at radius 1 is 1.21 bits per heavy atom. The third kappa shape index (κ3) is 2.81. The number of nitrogens with one attached hydrogen (secondary N) is 2. The molecule has 1 saturated carbocycles. The van der Waals surface area contributed by atoms with Crippen molar-refractivity contribution in [2.75, 3.05) is 19.0 Å². The van der Waals surface area contributed by atoms with E-state index in [4.69, 9.17) is 4.74 Å². The highest BCUT2D eigenvalue weighted by Crippen LogP contribution is 2.25. The van der Waals surface area contributed by atoms with Crippen molar-refractivity contribution in [3.8, 4) is 5.88 Å². The van der Waals surface area contributed by atoms with Crippen molar-refractivity contribution in [2.24, 2.45) is 0 Å². The van der Waals surface area contributed by atoms with Crippen LogP contribution in [0.2, 0.25) is 0 Å². The molecule has 0 atom stereocenters. The van der Waals surface area contributed by atoms with Crippen LogP contribution < -0.4 is 15.4 Å². The molecule has 19 heavy (non-hydrogen) atoms.